The summed E-state index contributed by atoms with van der Waals surface area (Å²) in [5.41, 5.74) is 3.74. The van der Waals surface area contributed by atoms with E-state index in [0.29, 0.717) is 21.9 Å². The molecule has 27 heavy (non-hydrogen) atoms. The van der Waals surface area contributed by atoms with Crippen molar-refractivity contribution >= 4 is 45.6 Å². The Morgan fingerprint density at radius 1 is 1.26 bits per heavy atom. The maximum atomic E-state index is 12.8. The number of aromatic amines is 1. The van der Waals surface area contributed by atoms with Crippen LogP contribution in [0.15, 0.2) is 29.1 Å². The third-order valence-corrected chi connectivity index (χ3v) is 5.71. The number of aromatic carboxylic acids is 1. The van der Waals surface area contributed by atoms with Crippen LogP contribution in [0.4, 0.5) is 0 Å². The van der Waals surface area contributed by atoms with Crippen molar-refractivity contribution in [1.29, 1.82) is 0 Å². The quantitative estimate of drug-likeness (QED) is 0.577. The molecule has 140 valence electrons. The lowest BCUT2D eigenvalue weighted by Gasteiger charge is -2.10. The number of aromatic nitrogens is 2. The molecule has 0 fully saturated rings. The number of carbonyl (C=O) groups is 2. The highest BCUT2D eigenvalue weighted by Gasteiger charge is 2.20. The van der Waals surface area contributed by atoms with Gasteiger partial charge in [-0.2, -0.15) is 4.68 Å². The van der Waals surface area contributed by atoms with E-state index in [9.17, 15) is 19.5 Å². The van der Waals surface area contributed by atoms with Gasteiger partial charge < -0.3 is 10.1 Å². The highest BCUT2D eigenvalue weighted by Crippen LogP contribution is 2.26. The minimum atomic E-state index is -1.12. The van der Waals surface area contributed by atoms with E-state index in [1.807, 2.05) is 12.1 Å². The van der Waals surface area contributed by atoms with Gasteiger partial charge >= 0.3 is 5.97 Å². The third kappa shape index (κ3) is 3.43. The molecule has 0 radical (unpaired) electrons. The summed E-state index contributed by atoms with van der Waals surface area (Å²) in [5, 5.41) is 9.44. The van der Waals surface area contributed by atoms with E-state index in [1.54, 1.807) is 19.1 Å². The number of rotatable bonds is 4. The standard InChI is InChI=1S/C18H17N3O4S2/c1-8(2)10-4-6-11(7-5-10)14(22)20-21-16(23)12-9(3)13(17(24)25)27-15(12)19-18(21)26/h4-8H,1-3H3,(H,19,26)(H,20,22)(H,24,25). The Hall–Kier alpha value is -2.78. The zero-order chi connectivity index (χ0) is 19.9. The number of hydrogen-bond donors (Lipinski definition) is 3. The molecular weight excluding hydrogens is 386 g/mol. The summed E-state index contributed by atoms with van der Waals surface area (Å²) in [6.45, 7) is 5.66. The summed E-state index contributed by atoms with van der Waals surface area (Å²) >= 11 is 6.10. The molecule has 3 aromatic rings. The van der Waals surface area contributed by atoms with E-state index in [4.69, 9.17) is 12.2 Å². The van der Waals surface area contributed by atoms with Gasteiger partial charge in [0.05, 0.1) is 5.39 Å². The zero-order valence-corrected chi connectivity index (χ0v) is 16.5. The first-order chi connectivity index (χ1) is 12.7. The van der Waals surface area contributed by atoms with E-state index < -0.39 is 17.4 Å². The molecule has 0 saturated carbocycles. The number of benzene rings is 1. The van der Waals surface area contributed by atoms with Crippen LogP contribution in [0, 0.1) is 11.7 Å². The first-order valence-electron chi connectivity index (χ1n) is 8.13. The SMILES string of the molecule is Cc1c(C(=O)O)sc2[nH]c(=S)n(NC(=O)c3ccc(C(C)C)cc3)c(=O)c12. The van der Waals surface area contributed by atoms with E-state index in [2.05, 4.69) is 24.3 Å². The first-order valence-corrected chi connectivity index (χ1v) is 9.36. The van der Waals surface area contributed by atoms with Gasteiger partial charge in [0.15, 0.2) is 0 Å². The lowest BCUT2D eigenvalue weighted by Crippen LogP contribution is -2.34. The fourth-order valence-corrected chi connectivity index (χ4v) is 4.04. The monoisotopic (exact) mass is 403 g/mol. The summed E-state index contributed by atoms with van der Waals surface area (Å²) in [6.07, 6.45) is 0. The number of thiophene rings is 1. The molecule has 3 N–H and O–H groups in total. The molecule has 1 amide bonds. The van der Waals surface area contributed by atoms with Crippen LogP contribution in [0.1, 0.15) is 50.9 Å². The van der Waals surface area contributed by atoms with E-state index >= 15 is 0 Å². The molecule has 0 aliphatic rings. The number of nitrogens with zero attached hydrogens (tertiary/aromatic N) is 1. The van der Waals surface area contributed by atoms with Gasteiger partial charge in [-0.1, -0.05) is 26.0 Å². The van der Waals surface area contributed by atoms with Crippen molar-refractivity contribution < 1.29 is 14.7 Å². The molecule has 0 saturated heterocycles. The van der Waals surface area contributed by atoms with Crippen LogP contribution in [0.5, 0.6) is 0 Å². The Morgan fingerprint density at radius 3 is 2.44 bits per heavy atom. The van der Waals surface area contributed by atoms with Crippen molar-refractivity contribution in [1.82, 2.24) is 9.66 Å². The molecular formula is C18H17N3O4S2. The highest BCUT2D eigenvalue weighted by molar-refractivity contribution is 7.71. The number of carboxylic acid groups (broad SMARTS) is 1. The Kier molecular flexibility index (Phi) is 4.99. The van der Waals surface area contributed by atoms with Crippen LogP contribution >= 0.6 is 23.6 Å². The minimum absolute atomic E-state index is 0.0159. The van der Waals surface area contributed by atoms with Crippen molar-refractivity contribution in [3.63, 3.8) is 0 Å². The summed E-state index contributed by atoms with van der Waals surface area (Å²) in [6, 6.07) is 7.07. The van der Waals surface area contributed by atoms with Gasteiger partial charge in [-0.3, -0.25) is 15.0 Å². The molecule has 7 nitrogen and oxygen atoms in total. The van der Waals surface area contributed by atoms with Crippen molar-refractivity contribution in [3.8, 4) is 0 Å². The van der Waals surface area contributed by atoms with Gasteiger partial charge in [-0.05, 0) is 48.3 Å². The van der Waals surface area contributed by atoms with E-state index in [0.717, 1.165) is 21.6 Å². The summed E-state index contributed by atoms with van der Waals surface area (Å²) in [4.78, 5) is 39.8. The topological polar surface area (TPSA) is 104 Å². The molecule has 1 aromatic carbocycles. The van der Waals surface area contributed by atoms with Gasteiger partial charge in [-0.15, -0.1) is 11.3 Å². The van der Waals surface area contributed by atoms with E-state index in [1.165, 1.54) is 0 Å². The Morgan fingerprint density at radius 2 is 1.89 bits per heavy atom. The molecule has 0 aliphatic heterocycles. The summed E-state index contributed by atoms with van der Waals surface area (Å²) in [7, 11) is 0. The molecule has 0 bridgehead atoms. The van der Waals surface area contributed by atoms with Crippen LogP contribution in [0.2, 0.25) is 0 Å². The molecule has 2 aromatic heterocycles. The number of H-pyrrole nitrogens is 1. The maximum Gasteiger partial charge on any atom is 0.346 e. The second kappa shape index (κ2) is 7.09. The smallest absolute Gasteiger partial charge is 0.346 e. The number of amides is 1. The predicted molar refractivity (Wildman–Crippen MR) is 107 cm³/mol. The fourth-order valence-electron chi connectivity index (χ4n) is 2.71. The second-order valence-electron chi connectivity index (χ2n) is 6.35. The van der Waals surface area contributed by atoms with Crippen molar-refractivity contribution in [2.24, 2.45) is 0 Å². The van der Waals surface area contributed by atoms with Crippen molar-refractivity contribution in [2.75, 3.05) is 5.43 Å². The van der Waals surface area contributed by atoms with Crippen molar-refractivity contribution in [3.05, 3.63) is 61.0 Å². The van der Waals surface area contributed by atoms with Gasteiger partial charge in [0.2, 0.25) is 4.77 Å². The molecule has 0 aliphatic carbocycles. The predicted octanol–water partition coefficient (Wildman–Crippen LogP) is 3.63. The number of nitrogens with one attached hydrogen (secondary N) is 2. The van der Waals surface area contributed by atoms with Gasteiger partial charge in [0.25, 0.3) is 11.5 Å². The van der Waals surface area contributed by atoms with Gasteiger partial charge in [0, 0.05) is 5.56 Å². The molecule has 3 rings (SSSR count). The zero-order valence-electron chi connectivity index (χ0n) is 14.8. The van der Waals surface area contributed by atoms with E-state index in [-0.39, 0.29) is 15.0 Å². The number of carboxylic acids is 1. The Labute approximate surface area is 163 Å². The normalized spacial score (nSPS) is 11.1. The number of aryl methyl sites for hydroxylation is 1. The minimum Gasteiger partial charge on any atom is -0.477 e. The molecule has 0 spiro atoms. The van der Waals surface area contributed by atoms with Crippen LogP contribution in [-0.4, -0.2) is 26.6 Å². The molecule has 0 unspecified atom stereocenters. The number of fused-ring (bicyclic) bond motifs is 1. The fraction of sp³-hybridized carbons (Fsp3) is 0.222. The van der Waals surface area contributed by atoms with Crippen LogP contribution in [0.25, 0.3) is 10.2 Å². The lowest BCUT2D eigenvalue weighted by atomic mass is 10.0. The number of carbonyl (C=O) groups excluding carboxylic acids is 1. The second-order valence-corrected chi connectivity index (χ2v) is 7.76. The summed E-state index contributed by atoms with van der Waals surface area (Å²) < 4.78 is 0.916. The average Bonchev–Trinajstić information content (AvgIpc) is 2.95. The van der Waals surface area contributed by atoms with Crippen LogP contribution < -0.4 is 11.0 Å². The van der Waals surface area contributed by atoms with Crippen molar-refractivity contribution in [2.45, 2.75) is 26.7 Å². The average molecular weight is 403 g/mol. The van der Waals surface area contributed by atoms with Gasteiger partial charge in [-0.25, -0.2) is 4.79 Å². The molecule has 0 atom stereocenters. The lowest BCUT2D eigenvalue weighted by molar-refractivity contribution is 0.0701. The van der Waals surface area contributed by atoms with Crippen LogP contribution in [0.3, 0.4) is 0 Å². The Bertz CT molecular complexity index is 1170. The largest absolute Gasteiger partial charge is 0.477 e. The Balaban J connectivity index is 2.03. The number of hydrogen-bond acceptors (Lipinski definition) is 5. The summed E-state index contributed by atoms with van der Waals surface area (Å²) in [5.74, 6) is -1.27. The molecule has 2 heterocycles. The third-order valence-electron chi connectivity index (χ3n) is 4.23. The van der Waals surface area contributed by atoms with Crippen LogP contribution in [-0.2, 0) is 0 Å². The maximum absolute atomic E-state index is 12.8. The first kappa shape index (κ1) is 19.0. The van der Waals surface area contributed by atoms with Gasteiger partial charge in [0.1, 0.15) is 9.71 Å². The highest BCUT2D eigenvalue weighted by atomic mass is 32.1. The molecule has 9 heteroatoms.